The summed E-state index contributed by atoms with van der Waals surface area (Å²) >= 11 is 0. The van der Waals surface area contributed by atoms with Crippen LogP contribution in [0.2, 0.25) is 0 Å². The first kappa shape index (κ1) is 21.2. The Morgan fingerprint density at radius 3 is 2.61 bits per heavy atom. The number of hydrogen-bond donors (Lipinski definition) is 1. The van der Waals surface area contributed by atoms with E-state index in [1.165, 1.54) is 32.1 Å². The molecular weight excluding hydrogens is 390 g/mol. The van der Waals surface area contributed by atoms with Gasteiger partial charge in [0.2, 0.25) is 0 Å². The molecule has 1 N–H and O–H groups in total. The number of fused-ring (bicyclic) bond motifs is 1. The highest BCUT2D eigenvalue weighted by atomic mass is 16.5. The summed E-state index contributed by atoms with van der Waals surface area (Å²) in [5.41, 5.74) is 2.64. The first-order chi connectivity index (χ1) is 15.2. The zero-order chi connectivity index (χ0) is 21.6. The molecule has 0 atom stereocenters. The van der Waals surface area contributed by atoms with Gasteiger partial charge in [0, 0.05) is 12.1 Å². The Labute approximate surface area is 183 Å². The third kappa shape index (κ3) is 4.84. The third-order valence-corrected chi connectivity index (χ3v) is 6.27. The normalized spacial score (nSPS) is 14.5. The number of aryl methyl sites for hydroxylation is 1. The van der Waals surface area contributed by atoms with Gasteiger partial charge in [-0.05, 0) is 42.7 Å². The van der Waals surface area contributed by atoms with Crippen molar-refractivity contribution in [1.29, 1.82) is 0 Å². The van der Waals surface area contributed by atoms with Crippen LogP contribution in [0.15, 0.2) is 42.5 Å². The minimum atomic E-state index is -0.160. The smallest absolute Gasteiger partial charge is 0.251 e. The molecule has 1 saturated carbocycles. The highest BCUT2D eigenvalue weighted by Crippen LogP contribution is 2.29. The molecule has 2 aromatic carbocycles. The maximum atomic E-state index is 12.8. The Hall–Kier alpha value is -3.02. The van der Waals surface area contributed by atoms with E-state index in [-0.39, 0.29) is 5.91 Å². The van der Waals surface area contributed by atoms with E-state index in [2.05, 4.69) is 16.0 Å². The Morgan fingerprint density at radius 2 is 1.84 bits per heavy atom. The highest BCUT2D eigenvalue weighted by Gasteiger charge is 2.17. The zero-order valence-corrected chi connectivity index (χ0v) is 18.4. The highest BCUT2D eigenvalue weighted by molar-refractivity contribution is 5.94. The van der Waals surface area contributed by atoms with Crippen LogP contribution in [0.25, 0.3) is 11.0 Å². The second-order valence-electron chi connectivity index (χ2n) is 8.21. The summed E-state index contributed by atoms with van der Waals surface area (Å²) in [4.78, 5) is 17.6. The fourth-order valence-electron chi connectivity index (χ4n) is 4.54. The van der Waals surface area contributed by atoms with E-state index in [0.717, 1.165) is 35.7 Å². The lowest BCUT2D eigenvalue weighted by atomic mass is 9.87. The van der Waals surface area contributed by atoms with Crippen molar-refractivity contribution >= 4 is 16.9 Å². The van der Waals surface area contributed by atoms with Crippen molar-refractivity contribution in [2.24, 2.45) is 5.92 Å². The summed E-state index contributed by atoms with van der Waals surface area (Å²) < 4.78 is 12.8. The molecule has 4 rings (SSSR count). The second-order valence-corrected chi connectivity index (χ2v) is 8.21. The van der Waals surface area contributed by atoms with Crippen molar-refractivity contribution in [1.82, 2.24) is 14.9 Å². The van der Waals surface area contributed by atoms with Crippen molar-refractivity contribution in [3.8, 4) is 11.5 Å². The molecule has 0 aliphatic heterocycles. The second kappa shape index (κ2) is 9.86. The molecule has 164 valence electrons. The van der Waals surface area contributed by atoms with Gasteiger partial charge in [-0.2, -0.15) is 0 Å². The maximum absolute atomic E-state index is 12.8. The van der Waals surface area contributed by atoms with Gasteiger partial charge in [0.15, 0.2) is 11.5 Å². The molecule has 0 saturated heterocycles. The van der Waals surface area contributed by atoms with Gasteiger partial charge in [-0.25, -0.2) is 4.98 Å². The summed E-state index contributed by atoms with van der Waals surface area (Å²) in [5.74, 6) is 2.67. The van der Waals surface area contributed by atoms with Crippen molar-refractivity contribution in [2.45, 2.75) is 51.6 Å². The van der Waals surface area contributed by atoms with E-state index in [4.69, 9.17) is 14.5 Å². The minimum Gasteiger partial charge on any atom is -0.493 e. The molecule has 0 bridgehead atoms. The number of hydrogen-bond acceptors (Lipinski definition) is 4. The van der Waals surface area contributed by atoms with Crippen LogP contribution in [0, 0.1) is 5.92 Å². The lowest BCUT2D eigenvalue weighted by Gasteiger charge is -2.22. The fraction of sp³-hybridized carbons (Fsp3) is 0.440. The summed E-state index contributed by atoms with van der Waals surface area (Å²) in [6.07, 6.45) is 7.90. The van der Waals surface area contributed by atoms with Crippen LogP contribution in [0.1, 0.15) is 54.7 Å². The van der Waals surface area contributed by atoms with Gasteiger partial charge < -0.3 is 19.4 Å². The Bertz CT molecular complexity index is 1040. The predicted molar refractivity (Wildman–Crippen MR) is 122 cm³/mol. The molecule has 1 fully saturated rings. The number of methoxy groups -OCH3 is 2. The lowest BCUT2D eigenvalue weighted by Crippen LogP contribution is -2.25. The number of nitrogens with zero attached hydrogens (tertiary/aromatic N) is 2. The molecular formula is C25H31N3O3. The Morgan fingerprint density at radius 1 is 1.06 bits per heavy atom. The number of rotatable bonds is 8. The average Bonchev–Trinajstić information content (AvgIpc) is 3.18. The van der Waals surface area contributed by atoms with Crippen LogP contribution in [-0.4, -0.2) is 29.7 Å². The molecule has 1 aliphatic carbocycles. The van der Waals surface area contributed by atoms with E-state index in [1.54, 1.807) is 32.4 Å². The topological polar surface area (TPSA) is 65.4 Å². The average molecular weight is 422 g/mol. The van der Waals surface area contributed by atoms with Crippen molar-refractivity contribution in [2.75, 3.05) is 14.2 Å². The molecule has 0 unspecified atom stereocenters. The number of amides is 1. The number of carbonyl (C=O) groups excluding carboxylic acids is 1. The summed E-state index contributed by atoms with van der Waals surface area (Å²) in [6.45, 7) is 1.32. The Balaban J connectivity index is 1.49. The number of carbonyl (C=O) groups is 1. The van der Waals surface area contributed by atoms with Crippen LogP contribution in [0.5, 0.6) is 11.5 Å². The van der Waals surface area contributed by atoms with E-state index in [9.17, 15) is 4.79 Å². The monoisotopic (exact) mass is 421 g/mol. The molecule has 3 aromatic rings. The molecule has 6 heteroatoms. The quantitative estimate of drug-likeness (QED) is 0.559. The van der Waals surface area contributed by atoms with Crippen LogP contribution in [0.4, 0.5) is 0 Å². The standard InChI is InChI=1S/C25H31N3O3/c1-30-22-13-12-19(16-23(22)31-2)25(29)26-17-24-27-20-10-6-7-11-21(20)28(24)15-14-18-8-4-3-5-9-18/h6-7,10-13,16,18H,3-5,8-9,14-15,17H2,1-2H3,(H,26,29). The number of imidazole rings is 1. The lowest BCUT2D eigenvalue weighted by molar-refractivity contribution is 0.0949. The molecule has 31 heavy (non-hydrogen) atoms. The number of nitrogens with one attached hydrogen (secondary N) is 1. The van der Waals surface area contributed by atoms with Crippen LogP contribution in [-0.2, 0) is 13.1 Å². The van der Waals surface area contributed by atoms with Crippen LogP contribution >= 0.6 is 0 Å². The third-order valence-electron chi connectivity index (χ3n) is 6.27. The minimum absolute atomic E-state index is 0.160. The zero-order valence-electron chi connectivity index (χ0n) is 18.4. The van der Waals surface area contributed by atoms with Gasteiger partial charge in [0.05, 0.1) is 31.8 Å². The molecule has 6 nitrogen and oxygen atoms in total. The fourth-order valence-corrected chi connectivity index (χ4v) is 4.54. The van der Waals surface area contributed by atoms with Crippen molar-refractivity contribution < 1.29 is 14.3 Å². The van der Waals surface area contributed by atoms with E-state index < -0.39 is 0 Å². The van der Waals surface area contributed by atoms with Crippen molar-refractivity contribution in [3.05, 3.63) is 53.9 Å². The van der Waals surface area contributed by atoms with Gasteiger partial charge >= 0.3 is 0 Å². The molecule has 0 spiro atoms. The van der Waals surface area contributed by atoms with Gasteiger partial charge in [-0.1, -0.05) is 44.2 Å². The van der Waals surface area contributed by atoms with Gasteiger partial charge in [-0.15, -0.1) is 0 Å². The molecule has 0 radical (unpaired) electrons. The number of ether oxygens (including phenoxy) is 2. The molecule has 1 amide bonds. The first-order valence-electron chi connectivity index (χ1n) is 11.1. The van der Waals surface area contributed by atoms with E-state index >= 15 is 0 Å². The summed E-state index contributed by atoms with van der Waals surface area (Å²) in [6, 6.07) is 13.4. The van der Waals surface area contributed by atoms with E-state index in [1.807, 2.05) is 18.2 Å². The Kier molecular flexibility index (Phi) is 6.75. The van der Waals surface area contributed by atoms with Gasteiger partial charge in [-0.3, -0.25) is 4.79 Å². The molecule has 1 heterocycles. The number of benzene rings is 2. The number of aromatic nitrogens is 2. The largest absolute Gasteiger partial charge is 0.493 e. The van der Waals surface area contributed by atoms with Crippen LogP contribution in [0.3, 0.4) is 0 Å². The SMILES string of the molecule is COc1ccc(C(=O)NCc2nc3ccccc3n2CCC2CCCCC2)cc1OC. The predicted octanol–water partition coefficient (Wildman–Crippen LogP) is 4.95. The van der Waals surface area contributed by atoms with E-state index in [0.29, 0.717) is 23.6 Å². The van der Waals surface area contributed by atoms with Gasteiger partial charge in [0.25, 0.3) is 5.91 Å². The molecule has 1 aromatic heterocycles. The molecule has 1 aliphatic rings. The first-order valence-corrected chi connectivity index (χ1v) is 11.1. The van der Waals surface area contributed by atoms with Crippen molar-refractivity contribution in [3.63, 3.8) is 0 Å². The number of para-hydroxylation sites is 2. The summed E-state index contributed by atoms with van der Waals surface area (Å²) in [5, 5.41) is 3.02. The van der Waals surface area contributed by atoms with Gasteiger partial charge in [0.1, 0.15) is 5.82 Å². The van der Waals surface area contributed by atoms with Crippen LogP contribution < -0.4 is 14.8 Å². The maximum Gasteiger partial charge on any atom is 0.251 e. The summed E-state index contributed by atoms with van der Waals surface area (Å²) in [7, 11) is 3.14.